The van der Waals surface area contributed by atoms with E-state index in [9.17, 15) is 14.4 Å². The van der Waals surface area contributed by atoms with Gasteiger partial charge in [-0.1, -0.05) is 222 Å². The van der Waals surface area contributed by atoms with Crippen LogP contribution in [0, 0.1) is 0 Å². The molecule has 0 amide bonds. The molecule has 67 heavy (non-hydrogen) atoms. The minimum atomic E-state index is -0.790. The fraction of sp³-hybridized carbons (Fsp3) is 0.754. The molecule has 6 nitrogen and oxygen atoms in total. The third kappa shape index (κ3) is 53.7. The Bertz CT molecular complexity index is 1260. The topological polar surface area (TPSA) is 78.9 Å². The maximum atomic E-state index is 12.8. The van der Waals surface area contributed by atoms with Gasteiger partial charge in [0.15, 0.2) is 6.10 Å². The van der Waals surface area contributed by atoms with Crippen molar-refractivity contribution in [2.75, 3.05) is 13.2 Å². The number of esters is 3. The molecular weight excluding hydrogens is 829 g/mol. The van der Waals surface area contributed by atoms with E-state index in [0.717, 1.165) is 109 Å². The van der Waals surface area contributed by atoms with Gasteiger partial charge >= 0.3 is 17.9 Å². The van der Waals surface area contributed by atoms with E-state index in [-0.39, 0.29) is 31.1 Å². The highest BCUT2D eigenvalue weighted by Crippen LogP contribution is 2.15. The van der Waals surface area contributed by atoms with Crippen molar-refractivity contribution in [2.45, 2.75) is 284 Å². The second-order valence-corrected chi connectivity index (χ2v) is 18.8. The van der Waals surface area contributed by atoms with Gasteiger partial charge in [-0.15, -0.1) is 0 Å². The van der Waals surface area contributed by atoms with E-state index < -0.39 is 6.10 Å². The Morgan fingerprint density at radius 3 is 0.955 bits per heavy atom. The van der Waals surface area contributed by atoms with Crippen LogP contribution in [0.5, 0.6) is 0 Å². The van der Waals surface area contributed by atoms with E-state index in [1.165, 1.54) is 128 Å². The Labute approximate surface area is 414 Å². The molecule has 0 N–H and O–H groups in total. The predicted molar refractivity (Wildman–Crippen MR) is 288 cm³/mol. The Morgan fingerprint density at radius 1 is 0.313 bits per heavy atom. The first-order chi connectivity index (χ1) is 33.0. The predicted octanol–water partition coefficient (Wildman–Crippen LogP) is 19.0. The summed E-state index contributed by atoms with van der Waals surface area (Å²) in [4.78, 5) is 38.1. The molecule has 0 aromatic heterocycles. The maximum Gasteiger partial charge on any atom is 0.306 e. The molecule has 0 aliphatic rings. The summed E-state index contributed by atoms with van der Waals surface area (Å²) in [7, 11) is 0. The van der Waals surface area contributed by atoms with Crippen molar-refractivity contribution in [3.05, 3.63) is 72.9 Å². The molecule has 0 saturated heterocycles. The van der Waals surface area contributed by atoms with Crippen molar-refractivity contribution >= 4 is 17.9 Å². The van der Waals surface area contributed by atoms with Crippen molar-refractivity contribution in [3.8, 4) is 0 Å². The lowest BCUT2D eigenvalue weighted by Gasteiger charge is -2.18. The van der Waals surface area contributed by atoms with Crippen LogP contribution in [0.1, 0.15) is 278 Å². The van der Waals surface area contributed by atoms with Crippen LogP contribution in [0.15, 0.2) is 72.9 Å². The molecule has 6 heteroatoms. The zero-order valence-corrected chi connectivity index (χ0v) is 44.2. The first-order valence-electron chi connectivity index (χ1n) is 28.4. The molecule has 0 saturated carbocycles. The van der Waals surface area contributed by atoms with Crippen LogP contribution >= 0.6 is 0 Å². The third-order valence-electron chi connectivity index (χ3n) is 12.2. The second kappa shape index (κ2) is 55.4. The second-order valence-electron chi connectivity index (χ2n) is 18.8. The highest BCUT2D eigenvalue weighted by molar-refractivity contribution is 5.71. The number of hydrogen-bond donors (Lipinski definition) is 0. The average molecular weight is 936 g/mol. The van der Waals surface area contributed by atoms with Crippen LogP contribution in [0.4, 0.5) is 0 Å². The number of hydrogen-bond acceptors (Lipinski definition) is 6. The lowest BCUT2D eigenvalue weighted by atomic mass is 10.1. The van der Waals surface area contributed by atoms with Crippen LogP contribution < -0.4 is 0 Å². The van der Waals surface area contributed by atoms with Crippen molar-refractivity contribution in [3.63, 3.8) is 0 Å². The number of carbonyl (C=O) groups excluding carboxylic acids is 3. The van der Waals surface area contributed by atoms with Gasteiger partial charge in [0.05, 0.1) is 0 Å². The van der Waals surface area contributed by atoms with E-state index in [1.54, 1.807) is 0 Å². The molecule has 0 radical (unpaired) electrons. The SMILES string of the molecule is CC/C=C\C/C=C\C/C=C\CCCCCCCC(=O)O[C@H](COC(=O)CCCCCCC/C=C\CCCCCCCC)COC(=O)CCCCCCCCCCC/C=C\C/C=C\CCCCC. The Hall–Kier alpha value is -3.15. The van der Waals surface area contributed by atoms with Gasteiger partial charge < -0.3 is 14.2 Å². The summed E-state index contributed by atoms with van der Waals surface area (Å²) < 4.78 is 16.8. The molecule has 0 unspecified atom stereocenters. The normalized spacial score (nSPS) is 12.6. The van der Waals surface area contributed by atoms with Gasteiger partial charge in [0.2, 0.25) is 0 Å². The number of ether oxygens (including phenoxy) is 3. The van der Waals surface area contributed by atoms with Crippen molar-refractivity contribution in [1.29, 1.82) is 0 Å². The number of unbranched alkanes of at least 4 members (excludes halogenated alkanes) is 28. The van der Waals surface area contributed by atoms with E-state index in [2.05, 4.69) is 93.7 Å². The monoisotopic (exact) mass is 935 g/mol. The standard InChI is InChI=1S/C61H106O6/c1-4-7-10-13-16-19-22-25-28-29-30-31-34-36-39-42-45-48-51-54-60(63)66-57-58(67-61(64)55-52-49-46-43-40-37-33-27-24-21-18-15-12-9-6-3)56-65-59(62)53-50-47-44-41-38-35-32-26-23-20-17-14-11-8-5-2/h9,12,16,18-19,21,25-28,32-33,58H,4-8,10-11,13-15,17,20,22-24,29-31,34-57H2,1-3H3/b12-9-,19-16-,21-18-,28-25-,32-26-,33-27-/t58-/m1/s1. The summed E-state index contributed by atoms with van der Waals surface area (Å²) in [5, 5.41) is 0. The van der Waals surface area contributed by atoms with E-state index in [0.29, 0.717) is 19.3 Å². The van der Waals surface area contributed by atoms with Gasteiger partial charge in [-0.05, 0) is 109 Å². The largest absolute Gasteiger partial charge is 0.462 e. The highest BCUT2D eigenvalue weighted by atomic mass is 16.6. The maximum absolute atomic E-state index is 12.8. The Balaban J connectivity index is 4.40. The summed E-state index contributed by atoms with van der Waals surface area (Å²) in [6, 6.07) is 0. The van der Waals surface area contributed by atoms with Crippen LogP contribution in [0.3, 0.4) is 0 Å². The van der Waals surface area contributed by atoms with E-state index in [1.807, 2.05) is 0 Å². The summed E-state index contributed by atoms with van der Waals surface area (Å²) in [5.74, 6) is -0.909. The van der Waals surface area contributed by atoms with Gasteiger partial charge in [-0.25, -0.2) is 0 Å². The number of rotatable bonds is 51. The lowest BCUT2D eigenvalue weighted by molar-refractivity contribution is -0.167. The Morgan fingerprint density at radius 2 is 0.582 bits per heavy atom. The van der Waals surface area contributed by atoms with Gasteiger partial charge in [0.25, 0.3) is 0 Å². The average Bonchev–Trinajstić information content (AvgIpc) is 3.33. The molecule has 1 atom stereocenters. The number of allylic oxidation sites excluding steroid dienone is 12. The first kappa shape index (κ1) is 63.8. The number of carbonyl (C=O) groups is 3. The molecule has 0 aliphatic carbocycles. The molecule has 0 heterocycles. The van der Waals surface area contributed by atoms with E-state index >= 15 is 0 Å². The minimum Gasteiger partial charge on any atom is -0.462 e. The summed E-state index contributed by atoms with van der Waals surface area (Å²) in [6.07, 6.45) is 70.3. The van der Waals surface area contributed by atoms with Crippen molar-refractivity contribution in [1.82, 2.24) is 0 Å². The summed E-state index contributed by atoms with van der Waals surface area (Å²) in [6.45, 7) is 6.49. The quantitative estimate of drug-likeness (QED) is 0.0262. The van der Waals surface area contributed by atoms with Gasteiger partial charge in [-0.3, -0.25) is 14.4 Å². The molecule has 0 aromatic rings. The van der Waals surface area contributed by atoms with Crippen LogP contribution in [-0.4, -0.2) is 37.2 Å². The fourth-order valence-electron chi connectivity index (χ4n) is 7.89. The third-order valence-corrected chi connectivity index (χ3v) is 12.2. The molecule has 0 aliphatic heterocycles. The van der Waals surface area contributed by atoms with Gasteiger partial charge in [0, 0.05) is 19.3 Å². The summed E-state index contributed by atoms with van der Waals surface area (Å²) >= 11 is 0. The molecule has 0 bridgehead atoms. The van der Waals surface area contributed by atoms with Crippen LogP contribution in [-0.2, 0) is 28.6 Å². The first-order valence-corrected chi connectivity index (χ1v) is 28.4. The molecule has 0 fully saturated rings. The van der Waals surface area contributed by atoms with Gasteiger partial charge in [-0.2, -0.15) is 0 Å². The summed E-state index contributed by atoms with van der Waals surface area (Å²) in [5.41, 5.74) is 0. The molecular formula is C61H106O6. The highest BCUT2D eigenvalue weighted by Gasteiger charge is 2.19. The van der Waals surface area contributed by atoms with Crippen molar-refractivity contribution in [2.24, 2.45) is 0 Å². The van der Waals surface area contributed by atoms with Gasteiger partial charge in [0.1, 0.15) is 13.2 Å². The van der Waals surface area contributed by atoms with Crippen LogP contribution in [0.25, 0.3) is 0 Å². The minimum absolute atomic E-state index is 0.0869. The van der Waals surface area contributed by atoms with Crippen molar-refractivity contribution < 1.29 is 28.6 Å². The molecule has 0 rings (SSSR count). The van der Waals surface area contributed by atoms with Crippen LogP contribution in [0.2, 0.25) is 0 Å². The zero-order chi connectivity index (χ0) is 48.6. The zero-order valence-electron chi connectivity index (χ0n) is 44.2. The smallest absolute Gasteiger partial charge is 0.306 e. The van der Waals surface area contributed by atoms with E-state index in [4.69, 9.17) is 14.2 Å². The molecule has 0 spiro atoms. The fourth-order valence-corrected chi connectivity index (χ4v) is 7.89. The lowest BCUT2D eigenvalue weighted by Crippen LogP contribution is -2.30. The molecule has 0 aromatic carbocycles. The molecule has 386 valence electrons. The Kier molecular flexibility index (Phi) is 52.8.